The van der Waals surface area contributed by atoms with E-state index < -0.39 is 0 Å². The number of hydrogen-bond acceptors (Lipinski definition) is 5. The molecule has 1 saturated heterocycles. The molecule has 7 nitrogen and oxygen atoms in total. The molecule has 2 aromatic heterocycles. The number of carbonyl (C=O) groups is 1. The van der Waals surface area contributed by atoms with Crippen molar-refractivity contribution in [1.82, 2.24) is 19.7 Å². The van der Waals surface area contributed by atoms with Gasteiger partial charge in [-0.15, -0.1) is 0 Å². The number of pyridine rings is 1. The molecule has 1 atom stereocenters. The van der Waals surface area contributed by atoms with Crippen LogP contribution >= 0.6 is 0 Å². The number of anilines is 1. The number of nitrogens with zero attached hydrogens (tertiary/aromatic N) is 5. The van der Waals surface area contributed by atoms with E-state index in [4.69, 9.17) is 4.74 Å². The number of aromatic nitrogens is 3. The molecule has 0 spiro atoms. The minimum Gasteiger partial charge on any atom is -0.383 e. The summed E-state index contributed by atoms with van der Waals surface area (Å²) in [6.07, 6.45) is 9.68. The highest BCUT2D eigenvalue weighted by Crippen LogP contribution is 2.23. The van der Waals surface area contributed by atoms with Crippen LogP contribution in [0.15, 0.2) is 36.8 Å². The maximum absolute atomic E-state index is 13.1. The fraction of sp³-hybridized carbons (Fsp3) is 0.550. The van der Waals surface area contributed by atoms with Crippen molar-refractivity contribution in [2.75, 3.05) is 38.8 Å². The Labute approximate surface area is 160 Å². The lowest BCUT2D eigenvalue weighted by molar-refractivity contribution is 0.0593. The van der Waals surface area contributed by atoms with E-state index in [0.29, 0.717) is 12.2 Å². The van der Waals surface area contributed by atoms with Crippen molar-refractivity contribution in [1.29, 1.82) is 0 Å². The molecule has 0 saturated carbocycles. The standard InChI is InChI=1S/C20H29N5O2/c1-23(14-15-27-2)19-8-7-17(16-21-19)20(26)25-12-4-3-6-18(25)9-13-24-11-5-10-22-24/h5,7-8,10-11,16,18H,3-4,6,9,12-15H2,1-2H3. The number of rotatable bonds is 8. The Morgan fingerprint density at radius 3 is 2.96 bits per heavy atom. The van der Waals surface area contributed by atoms with E-state index in [1.165, 1.54) is 6.42 Å². The van der Waals surface area contributed by atoms with Gasteiger partial charge in [0.25, 0.3) is 5.91 Å². The molecule has 0 bridgehead atoms. The first-order chi connectivity index (χ1) is 13.2. The summed E-state index contributed by atoms with van der Waals surface area (Å²) in [6, 6.07) is 5.99. The molecule has 1 aliphatic heterocycles. The summed E-state index contributed by atoms with van der Waals surface area (Å²) in [5, 5.41) is 4.27. The van der Waals surface area contributed by atoms with Gasteiger partial charge in [0, 0.05) is 58.4 Å². The maximum atomic E-state index is 13.1. The van der Waals surface area contributed by atoms with Gasteiger partial charge in [-0.1, -0.05) is 0 Å². The molecule has 0 radical (unpaired) electrons. The van der Waals surface area contributed by atoms with Gasteiger partial charge < -0.3 is 14.5 Å². The molecule has 1 amide bonds. The summed E-state index contributed by atoms with van der Waals surface area (Å²) >= 11 is 0. The Kier molecular flexibility index (Phi) is 6.81. The van der Waals surface area contributed by atoms with Crippen molar-refractivity contribution in [3.8, 4) is 0 Å². The van der Waals surface area contributed by atoms with Gasteiger partial charge in [-0.3, -0.25) is 9.48 Å². The highest BCUT2D eigenvalue weighted by molar-refractivity contribution is 5.94. The molecular formula is C20H29N5O2. The Hall–Kier alpha value is -2.41. The van der Waals surface area contributed by atoms with Crippen LogP contribution in [0.3, 0.4) is 0 Å². The van der Waals surface area contributed by atoms with E-state index in [-0.39, 0.29) is 11.9 Å². The lowest BCUT2D eigenvalue weighted by Crippen LogP contribution is -2.44. The quantitative estimate of drug-likeness (QED) is 0.713. The molecular weight excluding hydrogens is 342 g/mol. The third kappa shape index (κ3) is 5.07. The summed E-state index contributed by atoms with van der Waals surface area (Å²) in [6.45, 7) is 3.06. The highest BCUT2D eigenvalue weighted by Gasteiger charge is 2.27. The smallest absolute Gasteiger partial charge is 0.255 e. The van der Waals surface area contributed by atoms with Crippen LogP contribution in [0.2, 0.25) is 0 Å². The minimum atomic E-state index is 0.0822. The summed E-state index contributed by atoms with van der Waals surface area (Å²) in [5.41, 5.74) is 0.657. The fourth-order valence-electron chi connectivity index (χ4n) is 3.53. The molecule has 7 heteroatoms. The van der Waals surface area contributed by atoms with Crippen LogP contribution in [-0.4, -0.2) is 65.5 Å². The normalized spacial score (nSPS) is 17.1. The lowest BCUT2D eigenvalue weighted by Gasteiger charge is -2.36. The monoisotopic (exact) mass is 371 g/mol. The first-order valence-corrected chi connectivity index (χ1v) is 9.63. The van der Waals surface area contributed by atoms with Gasteiger partial charge in [0.15, 0.2) is 0 Å². The number of amides is 1. The average Bonchev–Trinajstić information content (AvgIpc) is 3.24. The van der Waals surface area contributed by atoms with Crippen molar-refractivity contribution < 1.29 is 9.53 Å². The Morgan fingerprint density at radius 2 is 2.26 bits per heavy atom. The number of likely N-dealkylation sites (N-methyl/N-ethyl adjacent to an activating group) is 1. The van der Waals surface area contributed by atoms with Crippen molar-refractivity contribution >= 4 is 11.7 Å². The van der Waals surface area contributed by atoms with Crippen LogP contribution in [0.5, 0.6) is 0 Å². The van der Waals surface area contributed by atoms with Crippen molar-refractivity contribution in [3.63, 3.8) is 0 Å². The topological polar surface area (TPSA) is 63.5 Å². The summed E-state index contributed by atoms with van der Waals surface area (Å²) in [4.78, 5) is 21.6. The van der Waals surface area contributed by atoms with Crippen LogP contribution in [0.4, 0.5) is 5.82 Å². The van der Waals surface area contributed by atoms with E-state index in [2.05, 4.69) is 10.1 Å². The van der Waals surface area contributed by atoms with Gasteiger partial charge in [0.05, 0.1) is 12.2 Å². The molecule has 1 aliphatic rings. The fourth-order valence-corrected chi connectivity index (χ4v) is 3.53. The van der Waals surface area contributed by atoms with Gasteiger partial charge in [0.1, 0.15) is 5.82 Å². The number of piperidine rings is 1. The second-order valence-electron chi connectivity index (χ2n) is 7.03. The van der Waals surface area contributed by atoms with E-state index in [0.717, 1.165) is 44.7 Å². The molecule has 0 N–H and O–H groups in total. The third-order valence-corrected chi connectivity index (χ3v) is 5.16. The van der Waals surface area contributed by atoms with Gasteiger partial charge in [-0.05, 0) is 43.9 Å². The Morgan fingerprint density at radius 1 is 1.37 bits per heavy atom. The van der Waals surface area contributed by atoms with Crippen LogP contribution in [0.25, 0.3) is 0 Å². The van der Waals surface area contributed by atoms with Crippen molar-refractivity contribution in [2.24, 2.45) is 0 Å². The zero-order valence-corrected chi connectivity index (χ0v) is 16.3. The minimum absolute atomic E-state index is 0.0822. The first-order valence-electron chi connectivity index (χ1n) is 9.63. The molecule has 3 rings (SSSR count). The largest absolute Gasteiger partial charge is 0.383 e. The van der Waals surface area contributed by atoms with E-state index in [1.807, 2.05) is 45.9 Å². The van der Waals surface area contributed by atoms with E-state index in [9.17, 15) is 4.79 Å². The highest BCUT2D eigenvalue weighted by atomic mass is 16.5. The lowest BCUT2D eigenvalue weighted by atomic mass is 9.98. The zero-order valence-electron chi connectivity index (χ0n) is 16.3. The first kappa shape index (κ1) is 19.4. The second kappa shape index (κ2) is 9.50. The Balaban J connectivity index is 1.63. The zero-order chi connectivity index (χ0) is 19.1. The number of aryl methyl sites for hydroxylation is 1. The maximum Gasteiger partial charge on any atom is 0.255 e. The predicted molar refractivity (Wildman–Crippen MR) is 105 cm³/mol. The summed E-state index contributed by atoms with van der Waals surface area (Å²) < 4.78 is 7.03. The van der Waals surface area contributed by atoms with Crippen LogP contribution in [0.1, 0.15) is 36.0 Å². The second-order valence-corrected chi connectivity index (χ2v) is 7.03. The molecule has 0 aromatic carbocycles. The van der Waals surface area contributed by atoms with E-state index >= 15 is 0 Å². The van der Waals surface area contributed by atoms with Crippen molar-refractivity contribution in [2.45, 2.75) is 38.3 Å². The number of likely N-dealkylation sites (tertiary alicyclic amines) is 1. The van der Waals surface area contributed by atoms with Crippen molar-refractivity contribution in [3.05, 3.63) is 42.4 Å². The average molecular weight is 371 g/mol. The summed E-state index contributed by atoms with van der Waals surface area (Å²) in [5.74, 6) is 0.927. The molecule has 3 heterocycles. The van der Waals surface area contributed by atoms with Crippen LogP contribution in [0, 0.1) is 0 Å². The number of hydrogen-bond donors (Lipinski definition) is 0. The molecule has 1 unspecified atom stereocenters. The van der Waals surface area contributed by atoms with Gasteiger partial charge in [-0.2, -0.15) is 5.10 Å². The van der Waals surface area contributed by atoms with E-state index in [1.54, 1.807) is 19.5 Å². The van der Waals surface area contributed by atoms with Crippen LogP contribution in [-0.2, 0) is 11.3 Å². The van der Waals surface area contributed by atoms with Crippen LogP contribution < -0.4 is 4.90 Å². The van der Waals surface area contributed by atoms with Gasteiger partial charge in [0.2, 0.25) is 0 Å². The summed E-state index contributed by atoms with van der Waals surface area (Å²) in [7, 11) is 3.66. The number of ether oxygens (including phenoxy) is 1. The molecule has 146 valence electrons. The molecule has 27 heavy (non-hydrogen) atoms. The number of carbonyl (C=O) groups excluding carboxylic acids is 1. The van der Waals surface area contributed by atoms with Gasteiger partial charge in [-0.25, -0.2) is 4.98 Å². The SMILES string of the molecule is COCCN(C)c1ccc(C(=O)N2CCCCC2CCn2cccn2)cn1. The third-order valence-electron chi connectivity index (χ3n) is 5.16. The number of methoxy groups -OCH3 is 1. The molecule has 0 aliphatic carbocycles. The molecule has 2 aromatic rings. The predicted octanol–water partition coefficient (Wildman–Crippen LogP) is 2.45. The molecule has 1 fully saturated rings. The Bertz CT molecular complexity index is 702. The van der Waals surface area contributed by atoms with Gasteiger partial charge >= 0.3 is 0 Å².